The first-order valence-corrected chi connectivity index (χ1v) is 9.19. The van der Waals surface area contributed by atoms with Crippen molar-refractivity contribution in [2.45, 2.75) is 32.7 Å². The standard InChI is InChI=1S/C18H20N4OS/c1-13-19-16(12-24-13)10-17-20-18(21-23-17)15-6-4-14(5-7-15)11-22-8-2-3-9-22/h4-7,12H,2-3,8-11H2,1H3. The number of likely N-dealkylation sites (tertiary alicyclic amines) is 1. The molecule has 6 heteroatoms. The van der Waals surface area contributed by atoms with Crippen molar-refractivity contribution in [3.8, 4) is 11.4 Å². The van der Waals surface area contributed by atoms with Gasteiger partial charge in [0.05, 0.1) is 17.1 Å². The predicted octanol–water partition coefficient (Wildman–Crippen LogP) is 3.69. The van der Waals surface area contributed by atoms with Gasteiger partial charge in [0.2, 0.25) is 11.7 Å². The van der Waals surface area contributed by atoms with Gasteiger partial charge < -0.3 is 4.52 Å². The molecule has 5 nitrogen and oxygen atoms in total. The Balaban J connectivity index is 1.43. The van der Waals surface area contributed by atoms with Crippen LogP contribution in [0.5, 0.6) is 0 Å². The predicted molar refractivity (Wildman–Crippen MR) is 93.9 cm³/mol. The molecule has 1 aliphatic heterocycles. The zero-order valence-corrected chi connectivity index (χ0v) is 14.6. The second-order valence-electron chi connectivity index (χ2n) is 6.23. The van der Waals surface area contributed by atoms with E-state index in [2.05, 4.69) is 44.3 Å². The Labute approximate surface area is 145 Å². The number of rotatable bonds is 5. The van der Waals surface area contributed by atoms with E-state index in [1.165, 1.54) is 31.5 Å². The summed E-state index contributed by atoms with van der Waals surface area (Å²) < 4.78 is 5.37. The first kappa shape index (κ1) is 15.5. The molecule has 1 aliphatic rings. The SMILES string of the molecule is Cc1nc(Cc2nc(-c3ccc(CN4CCCC4)cc3)no2)cs1. The maximum absolute atomic E-state index is 5.37. The fourth-order valence-corrected chi connectivity index (χ4v) is 3.66. The van der Waals surface area contributed by atoms with E-state index < -0.39 is 0 Å². The van der Waals surface area contributed by atoms with E-state index in [1.807, 2.05) is 12.3 Å². The van der Waals surface area contributed by atoms with Crippen molar-refractivity contribution in [1.29, 1.82) is 0 Å². The Kier molecular flexibility index (Phi) is 4.40. The van der Waals surface area contributed by atoms with Crippen LogP contribution < -0.4 is 0 Å². The summed E-state index contributed by atoms with van der Waals surface area (Å²) >= 11 is 1.64. The average Bonchev–Trinajstić information content (AvgIpc) is 3.32. The van der Waals surface area contributed by atoms with Crippen LogP contribution in [0.3, 0.4) is 0 Å². The van der Waals surface area contributed by atoms with E-state index in [0.717, 1.165) is 22.8 Å². The Bertz CT molecular complexity index is 803. The van der Waals surface area contributed by atoms with Gasteiger partial charge in [0.25, 0.3) is 0 Å². The quantitative estimate of drug-likeness (QED) is 0.709. The largest absolute Gasteiger partial charge is 0.339 e. The van der Waals surface area contributed by atoms with E-state index in [0.29, 0.717) is 18.1 Å². The van der Waals surface area contributed by atoms with Crippen LogP contribution in [0.25, 0.3) is 11.4 Å². The van der Waals surface area contributed by atoms with Crippen molar-refractivity contribution in [3.05, 3.63) is 51.8 Å². The minimum atomic E-state index is 0.588. The topological polar surface area (TPSA) is 55.1 Å². The van der Waals surface area contributed by atoms with Crippen LogP contribution in [0.15, 0.2) is 34.2 Å². The van der Waals surface area contributed by atoms with Crippen molar-refractivity contribution in [1.82, 2.24) is 20.0 Å². The molecular weight excluding hydrogens is 320 g/mol. The van der Waals surface area contributed by atoms with Gasteiger partial charge in [-0.15, -0.1) is 11.3 Å². The zero-order valence-electron chi connectivity index (χ0n) is 13.7. The van der Waals surface area contributed by atoms with Crippen LogP contribution in [0.1, 0.15) is 35.0 Å². The van der Waals surface area contributed by atoms with Crippen LogP contribution in [0, 0.1) is 6.92 Å². The molecule has 0 amide bonds. The zero-order chi connectivity index (χ0) is 16.4. The van der Waals surface area contributed by atoms with Gasteiger partial charge in [-0.3, -0.25) is 4.90 Å². The summed E-state index contributed by atoms with van der Waals surface area (Å²) in [6.07, 6.45) is 3.23. The molecule has 0 atom stereocenters. The number of hydrogen-bond acceptors (Lipinski definition) is 6. The van der Waals surface area contributed by atoms with Crippen LogP contribution in [-0.2, 0) is 13.0 Å². The maximum Gasteiger partial charge on any atom is 0.233 e. The summed E-state index contributed by atoms with van der Waals surface area (Å²) in [5.74, 6) is 1.25. The van der Waals surface area contributed by atoms with Crippen LogP contribution in [0.2, 0.25) is 0 Å². The Morgan fingerprint density at radius 1 is 1.12 bits per heavy atom. The van der Waals surface area contributed by atoms with Gasteiger partial charge in [-0.05, 0) is 38.4 Å². The summed E-state index contributed by atoms with van der Waals surface area (Å²) in [5.41, 5.74) is 3.31. The highest BCUT2D eigenvalue weighted by atomic mass is 32.1. The fraction of sp³-hybridized carbons (Fsp3) is 0.389. The summed E-state index contributed by atoms with van der Waals surface area (Å²) in [7, 11) is 0. The molecule has 124 valence electrons. The third-order valence-electron chi connectivity index (χ3n) is 4.28. The van der Waals surface area contributed by atoms with Crippen molar-refractivity contribution in [3.63, 3.8) is 0 Å². The highest BCUT2D eigenvalue weighted by Gasteiger charge is 2.13. The Morgan fingerprint density at radius 2 is 1.92 bits per heavy atom. The van der Waals surface area contributed by atoms with E-state index in [9.17, 15) is 0 Å². The molecular formula is C18H20N4OS. The molecule has 0 bridgehead atoms. The Hall–Kier alpha value is -2.05. The lowest BCUT2D eigenvalue weighted by atomic mass is 10.1. The van der Waals surface area contributed by atoms with Gasteiger partial charge in [-0.1, -0.05) is 29.4 Å². The van der Waals surface area contributed by atoms with Crippen LogP contribution in [-0.4, -0.2) is 33.1 Å². The minimum absolute atomic E-state index is 0.588. The summed E-state index contributed by atoms with van der Waals surface area (Å²) in [5, 5.41) is 7.19. The molecule has 1 saturated heterocycles. The van der Waals surface area contributed by atoms with Crippen molar-refractivity contribution in [2.75, 3.05) is 13.1 Å². The number of nitrogens with zero attached hydrogens (tertiary/aromatic N) is 4. The molecule has 3 aromatic rings. The summed E-state index contributed by atoms with van der Waals surface area (Å²) in [6, 6.07) is 8.47. The highest BCUT2D eigenvalue weighted by Crippen LogP contribution is 2.20. The molecule has 0 spiro atoms. The van der Waals surface area contributed by atoms with Gasteiger partial charge in [0, 0.05) is 17.5 Å². The lowest BCUT2D eigenvalue weighted by Gasteiger charge is -2.14. The average molecular weight is 340 g/mol. The van der Waals surface area contributed by atoms with Crippen molar-refractivity contribution < 1.29 is 4.52 Å². The van der Waals surface area contributed by atoms with Gasteiger partial charge >= 0.3 is 0 Å². The molecule has 0 unspecified atom stereocenters. The normalized spacial score (nSPS) is 15.2. The molecule has 24 heavy (non-hydrogen) atoms. The minimum Gasteiger partial charge on any atom is -0.339 e. The third kappa shape index (κ3) is 3.55. The monoisotopic (exact) mass is 340 g/mol. The van der Waals surface area contributed by atoms with Gasteiger partial charge in [-0.2, -0.15) is 4.98 Å². The van der Waals surface area contributed by atoms with Crippen LogP contribution in [0.4, 0.5) is 0 Å². The first-order chi connectivity index (χ1) is 11.8. The fourth-order valence-electron chi connectivity index (χ4n) is 3.05. The molecule has 0 aliphatic carbocycles. The second-order valence-corrected chi connectivity index (χ2v) is 7.29. The number of aryl methyl sites for hydroxylation is 1. The molecule has 1 aromatic carbocycles. The molecule has 2 aromatic heterocycles. The lowest BCUT2D eigenvalue weighted by Crippen LogP contribution is -2.18. The second kappa shape index (κ2) is 6.83. The lowest BCUT2D eigenvalue weighted by molar-refractivity contribution is 0.331. The molecule has 1 fully saturated rings. The molecule has 4 rings (SSSR count). The van der Waals surface area contributed by atoms with Crippen LogP contribution >= 0.6 is 11.3 Å². The highest BCUT2D eigenvalue weighted by molar-refractivity contribution is 7.09. The van der Waals surface area contributed by atoms with Gasteiger partial charge in [0.15, 0.2) is 0 Å². The van der Waals surface area contributed by atoms with E-state index >= 15 is 0 Å². The van der Waals surface area contributed by atoms with Gasteiger partial charge in [0.1, 0.15) is 0 Å². The van der Waals surface area contributed by atoms with Crippen molar-refractivity contribution in [2.24, 2.45) is 0 Å². The maximum atomic E-state index is 5.37. The third-order valence-corrected chi connectivity index (χ3v) is 5.11. The summed E-state index contributed by atoms with van der Waals surface area (Å²) in [4.78, 5) is 11.4. The molecule has 3 heterocycles. The van der Waals surface area contributed by atoms with Gasteiger partial charge in [-0.25, -0.2) is 4.98 Å². The van der Waals surface area contributed by atoms with Crippen molar-refractivity contribution >= 4 is 11.3 Å². The molecule has 0 N–H and O–H groups in total. The molecule has 0 radical (unpaired) electrons. The molecule has 0 saturated carbocycles. The number of hydrogen-bond donors (Lipinski definition) is 0. The number of aromatic nitrogens is 3. The van der Waals surface area contributed by atoms with E-state index in [-0.39, 0.29) is 0 Å². The van der Waals surface area contributed by atoms with E-state index in [4.69, 9.17) is 4.52 Å². The number of benzene rings is 1. The smallest absolute Gasteiger partial charge is 0.233 e. The number of thiazole rings is 1. The van der Waals surface area contributed by atoms with E-state index in [1.54, 1.807) is 11.3 Å². The summed E-state index contributed by atoms with van der Waals surface area (Å²) in [6.45, 7) is 5.45. The first-order valence-electron chi connectivity index (χ1n) is 8.31. The Morgan fingerprint density at radius 3 is 2.62 bits per heavy atom.